The van der Waals surface area contributed by atoms with Gasteiger partial charge in [-0.1, -0.05) is 0 Å². The van der Waals surface area contributed by atoms with Gasteiger partial charge in [-0.15, -0.1) is 5.10 Å². The SMILES string of the molecule is CC(=O)OC1COCCC1Nc1ncc2cc(C#N)c(C(C)C(F)(F)F)n2n1. The molecule has 1 aliphatic heterocycles. The van der Waals surface area contributed by atoms with E-state index in [1.54, 1.807) is 6.07 Å². The fourth-order valence-corrected chi connectivity index (χ4v) is 3.09. The number of nitriles is 1. The maximum Gasteiger partial charge on any atom is 0.397 e. The average molecular weight is 397 g/mol. The summed E-state index contributed by atoms with van der Waals surface area (Å²) in [6.45, 7) is 2.88. The average Bonchev–Trinajstić information content (AvgIpc) is 2.99. The zero-order valence-electron chi connectivity index (χ0n) is 15.2. The van der Waals surface area contributed by atoms with E-state index in [1.807, 2.05) is 0 Å². The molecule has 8 nitrogen and oxygen atoms in total. The lowest BCUT2D eigenvalue weighted by atomic mass is 10.0. The van der Waals surface area contributed by atoms with Crippen LogP contribution in [0.5, 0.6) is 0 Å². The lowest BCUT2D eigenvalue weighted by molar-refractivity contribution is -0.153. The molecule has 3 atom stereocenters. The Bertz CT molecular complexity index is 921. The third-order valence-electron chi connectivity index (χ3n) is 4.51. The molecule has 0 saturated carbocycles. The predicted molar refractivity (Wildman–Crippen MR) is 90.6 cm³/mol. The van der Waals surface area contributed by atoms with Gasteiger partial charge < -0.3 is 14.8 Å². The van der Waals surface area contributed by atoms with Crippen LogP contribution in [-0.4, -0.2) is 52.1 Å². The van der Waals surface area contributed by atoms with Gasteiger partial charge in [-0.3, -0.25) is 4.79 Å². The van der Waals surface area contributed by atoms with Crippen LogP contribution >= 0.6 is 0 Å². The Morgan fingerprint density at radius 2 is 2.29 bits per heavy atom. The lowest BCUT2D eigenvalue weighted by Gasteiger charge is -2.31. The normalized spacial score (nSPS) is 21.1. The number of nitrogens with one attached hydrogen (secondary N) is 1. The minimum Gasteiger partial charge on any atom is -0.458 e. The van der Waals surface area contributed by atoms with E-state index in [0.717, 1.165) is 11.4 Å². The molecule has 0 amide bonds. The Balaban J connectivity index is 1.95. The lowest BCUT2D eigenvalue weighted by Crippen LogP contribution is -2.44. The molecule has 0 aromatic carbocycles. The van der Waals surface area contributed by atoms with Gasteiger partial charge in [0.15, 0.2) is 0 Å². The molecule has 0 bridgehead atoms. The van der Waals surface area contributed by atoms with Gasteiger partial charge in [0.2, 0.25) is 5.95 Å². The quantitative estimate of drug-likeness (QED) is 0.791. The summed E-state index contributed by atoms with van der Waals surface area (Å²) in [4.78, 5) is 15.4. The predicted octanol–water partition coefficient (Wildman–Crippen LogP) is 2.40. The summed E-state index contributed by atoms with van der Waals surface area (Å²) in [6.07, 6.45) is -3.26. The molecule has 28 heavy (non-hydrogen) atoms. The summed E-state index contributed by atoms with van der Waals surface area (Å²) in [5, 5.41) is 16.4. The highest BCUT2D eigenvalue weighted by atomic mass is 19.4. The number of hydrogen-bond donors (Lipinski definition) is 1. The first-order chi connectivity index (χ1) is 13.2. The molecule has 0 aliphatic carbocycles. The van der Waals surface area contributed by atoms with Crippen molar-refractivity contribution >= 4 is 17.4 Å². The minimum absolute atomic E-state index is 0.0623. The number of ether oxygens (including phenoxy) is 2. The summed E-state index contributed by atoms with van der Waals surface area (Å²) in [6, 6.07) is 2.74. The van der Waals surface area contributed by atoms with Gasteiger partial charge >= 0.3 is 12.1 Å². The second-order valence-electron chi connectivity index (χ2n) is 6.50. The fraction of sp³-hybridized carbons (Fsp3) is 0.529. The number of halogens is 3. The molecule has 1 fully saturated rings. The third kappa shape index (κ3) is 4.01. The molecular weight excluding hydrogens is 379 g/mol. The highest BCUT2D eigenvalue weighted by molar-refractivity contribution is 5.66. The maximum atomic E-state index is 13.3. The van der Waals surface area contributed by atoms with E-state index < -0.39 is 24.2 Å². The molecule has 3 rings (SSSR count). The molecule has 3 heterocycles. The van der Waals surface area contributed by atoms with Crippen molar-refractivity contribution in [1.29, 1.82) is 5.26 Å². The van der Waals surface area contributed by atoms with Gasteiger partial charge in [0.05, 0.1) is 41.5 Å². The number of nitrogens with zero attached hydrogens (tertiary/aromatic N) is 4. The third-order valence-corrected chi connectivity index (χ3v) is 4.51. The van der Waals surface area contributed by atoms with Gasteiger partial charge in [-0.25, -0.2) is 9.50 Å². The van der Waals surface area contributed by atoms with Crippen molar-refractivity contribution < 1.29 is 27.4 Å². The van der Waals surface area contributed by atoms with Crippen molar-refractivity contribution in [3.05, 3.63) is 23.5 Å². The summed E-state index contributed by atoms with van der Waals surface area (Å²) in [5.74, 6) is -2.29. The highest BCUT2D eigenvalue weighted by Gasteiger charge is 2.40. The summed E-state index contributed by atoms with van der Waals surface area (Å²) >= 11 is 0. The highest BCUT2D eigenvalue weighted by Crippen LogP contribution is 2.36. The van der Waals surface area contributed by atoms with Gasteiger partial charge in [0.25, 0.3) is 0 Å². The molecular formula is C17H18F3N5O3. The van der Waals surface area contributed by atoms with Crippen molar-refractivity contribution in [2.45, 2.75) is 44.5 Å². The van der Waals surface area contributed by atoms with E-state index >= 15 is 0 Å². The first-order valence-corrected chi connectivity index (χ1v) is 8.57. The molecule has 1 N–H and O–H groups in total. The van der Waals surface area contributed by atoms with E-state index in [9.17, 15) is 23.2 Å². The monoisotopic (exact) mass is 397 g/mol. The summed E-state index contributed by atoms with van der Waals surface area (Å²) in [5.41, 5.74) is -0.0872. The van der Waals surface area contributed by atoms with E-state index in [1.165, 1.54) is 19.2 Å². The molecule has 2 aromatic heterocycles. The van der Waals surface area contributed by atoms with Crippen molar-refractivity contribution in [1.82, 2.24) is 14.6 Å². The minimum atomic E-state index is -4.53. The Hall–Kier alpha value is -2.87. The number of fused-ring (bicyclic) bond motifs is 1. The Labute approximate surface area is 158 Å². The smallest absolute Gasteiger partial charge is 0.397 e. The van der Waals surface area contributed by atoms with E-state index in [0.29, 0.717) is 13.0 Å². The van der Waals surface area contributed by atoms with Crippen LogP contribution in [0.1, 0.15) is 37.4 Å². The van der Waals surface area contributed by atoms with Crippen molar-refractivity contribution in [2.24, 2.45) is 0 Å². The van der Waals surface area contributed by atoms with Gasteiger partial charge in [0, 0.05) is 13.5 Å². The molecule has 2 aromatic rings. The fourth-order valence-electron chi connectivity index (χ4n) is 3.09. The summed E-state index contributed by atoms with van der Waals surface area (Å²) < 4.78 is 51.4. The van der Waals surface area contributed by atoms with Crippen molar-refractivity contribution in [2.75, 3.05) is 18.5 Å². The van der Waals surface area contributed by atoms with E-state index in [-0.39, 0.29) is 35.4 Å². The van der Waals surface area contributed by atoms with Crippen LogP contribution in [0.15, 0.2) is 12.3 Å². The van der Waals surface area contributed by atoms with Crippen LogP contribution in [0.4, 0.5) is 19.1 Å². The Morgan fingerprint density at radius 1 is 1.54 bits per heavy atom. The zero-order valence-corrected chi connectivity index (χ0v) is 15.2. The van der Waals surface area contributed by atoms with E-state index in [2.05, 4.69) is 15.4 Å². The zero-order chi connectivity index (χ0) is 20.5. The summed E-state index contributed by atoms with van der Waals surface area (Å²) in [7, 11) is 0. The molecule has 1 aliphatic rings. The molecule has 1 saturated heterocycles. The van der Waals surface area contributed by atoms with Gasteiger partial charge in [0.1, 0.15) is 12.2 Å². The van der Waals surface area contributed by atoms with Gasteiger partial charge in [-0.2, -0.15) is 18.4 Å². The molecule has 150 valence electrons. The second kappa shape index (κ2) is 7.63. The number of esters is 1. The Morgan fingerprint density at radius 3 is 2.93 bits per heavy atom. The van der Waals surface area contributed by atoms with Crippen LogP contribution in [0.25, 0.3) is 5.52 Å². The Kier molecular flexibility index (Phi) is 5.42. The topological polar surface area (TPSA) is 102 Å². The molecule has 11 heteroatoms. The van der Waals surface area contributed by atoms with E-state index in [4.69, 9.17) is 9.47 Å². The van der Waals surface area contributed by atoms with Crippen molar-refractivity contribution in [3.8, 4) is 6.07 Å². The van der Waals surface area contributed by atoms with Crippen LogP contribution in [0, 0.1) is 11.3 Å². The largest absolute Gasteiger partial charge is 0.458 e. The standard InChI is InChI=1S/C17H18F3N5O3/c1-9(17(18,19)20)15-11(6-21)5-12-7-22-16(24-25(12)15)23-13-3-4-27-8-14(13)28-10(2)26/h5,7,9,13-14H,3-4,8H2,1-2H3,(H,23,24). The first-order valence-electron chi connectivity index (χ1n) is 8.57. The van der Waals surface area contributed by atoms with Crippen LogP contribution in [0.2, 0.25) is 0 Å². The molecule has 0 spiro atoms. The van der Waals surface area contributed by atoms with Gasteiger partial charge in [-0.05, 0) is 19.4 Å². The number of rotatable bonds is 4. The number of carbonyl (C=O) groups excluding carboxylic acids is 1. The molecule has 0 radical (unpaired) electrons. The van der Waals surface area contributed by atoms with Crippen LogP contribution in [0.3, 0.4) is 0 Å². The number of aromatic nitrogens is 3. The molecule has 3 unspecified atom stereocenters. The number of carbonyl (C=O) groups is 1. The second-order valence-corrected chi connectivity index (χ2v) is 6.50. The first kappa shape index (κ1) is 19.9. The van der Waals surface area contributed by atoms with Crippen LogP contribution in [-0.2, 0) is 14.3 Å². The van der Waals surface area contributed by atoms with Crippen LogP contribution < -0.4 is 5.32 Å². The number of alkyl halides is 3. The number of anilines is 1. The number of hydrogen-bond acceptors (Lipinski definition) is 7. The van der Waals surface area contributed by atoms with Crippen molar-refractivity contribution in [3.63, 3.8) is 0 Å². The maximum absolute atomic E-state index is 13.3.